The minimum atomic E-state index is -0.435. The van der Waals surface area contributed by atoms with Crippen LogP contribution in [0.25, 0.3) is 0 Å². The summed E-state index contributed by atoms with van der Waals surface area (Å²) in [6.45, 7) is 5.28. The molecule has 1 aromatic heterocycles. The highest BCUT2D eigenvalue weighted by atomic mass is 19.1. The maximum Gasteiger partial charge on any atom is 0.346 e. The number of halogens is 1. The van der Waals surface area contributed by atoms with Crippen molar-refractivity contribution in [2.75, 3.05) is 39.4 Å². The Bertz CT molecular complexity index is 919. The molecule has 1 saturated heterocycles. The first-order chi connectivity index (χ1) is 14.1. The molecular formula is C20H26FN5O3. The van der Waals surface area contributed by atoms with Gasteiger partial charge in [-0.15, -0.1) is 0 Å². The van der Waals surface area contributed by atoms with Gasteiger partial charge in [0.15, 0.2) is 0 Å². The Balaban J connectivity index is 1.43. The van der Waals surface area contributed by atoms with Gasteiger partial charge >= 0.3 is 5.69 Å². The van der Waals surface area contributed by atoms with Crippen molar-refractivity contribution in [3.05, 3.63) is 52.0 Å². The fourth-order valence-corrected chi connectivity index (χ4v) is 3.95. The first-order valence-corrected chi connectivity index (χ1v) is 10.1. The predicted molar refractivity (Wildman–Crippen MR) is 104 cm³/mol. The van der Waals surface area contributed by atoms with E-state index in [0.717, 1.165) is 39.3 Å². The van der Waals surface area contributed by atoms with E-state index < -0.39 is 5.92 Å². The quantitative estimate of drug-likeness (QED) is 0.762. The lowest BCUT2D eigenvalue weighted by Crippen LogP contribution is -2.42. The second kappa shape index (κ2) is 8.87. The van der Waals surface area contributed by atoms with Crippen LogP contribution in [0.4, 0.5) is 4.39 Å². The van der Waals surface area contributed by atoms with Gasteiger partial charge in [0.2, 0.25) is 5.91 Å². The van der Waals surface area contributed by atoms with Crippen molar-refractivity contribution in [3.63, 3.8) is 0 Å². The summed E-state index contributed by atoms with van der Waals surface area (Å²) in [4.78, 5) is 27.7. The second-order valence-electron chi connectivity index (χ2n) is 7.52. The molecule has 0 aliphatic carbocycles. The molecule has 4 rings (SSSR count). The van der Waals surface area contributed by atoms with Crippen LogP contribution in [0, 0.1) is 5.82 Å². The molecule has 1 amide bonds. The maximum atomic E-state index is 13.4. The third-order valence-electron chi connectivity index (χ3n) is 5.51. The SMILES string of the molecule is O=C(NCCN1CCOCC1)C1CCCn2c1nn(Cc1cccc(F)c1)c2=O. The van der Waals surface area contributed by atoms with E-state index in [-0.39, 0.29) is 24.0 Å². The number of carbonyl (C=O) groups is 1. The van der Waals surface area contributed by atoms with Gasteiger partial charge in [0, 0.05) is 32.7 Å². The molecule has 0 radical (unpaired) electrons. The molecule has 0 bridgehead atoms. The largest absolute Gasteiger partial charge is 0.379 e. The Labute approximate surface area is 168 Å². The molecule has 156 valence electrons. The second-order valence-corrected chi connectivity index (χ2v) is 7.52. The Morgan fingerprint density at radius 1 is 1.28 bits per heavy atom. The Hall–Kier alpha value is -2.52. The Kier molecular flexibility index (Phi) is 6.05. The standard InChI is InChI=1S/C20H26FN5O3/c21-16-4-1-3-15(13-16)14-26-20(28)25-7-2-5-17(18(25)23-26)19(27)22-6-8-24-9-11-29-12-10-24/h1,3-4,13,17H,2,5-12,14H2,(H,22,27). The van der Waals surface area contributed by atoms with Crippen LogP contribution in [0.2, 0.25) is 0 Å². The van der Waals surface area contributed by atoms with Gasteiger partial charge in [0.25, 0.3) is 0 Å². The topological polar surface area (TPSA) is 81.4 Å². The number of fused-ring (bicyclic) bond motifs is 1. The van der Waals surface area contributed by atoms with Crippen LogP contribution >= 0.6 is 0 Å². The van der Waals surface area contributed by atoms with E-state index in [2.05, 4.69) is 15.3 Å². The number of amides is 1. The van der Waals surface area contributed by atoms with Gasteiger partial charge in [-0.2, -0.15) is 5.10 Å². The van der Waals surface area contributed by atoms with E-state index in [0.29, 0.717) is 30.9 Å². The van der Waals surface area contributed by atoms with Crippen molar-refractivity contribution in [2.24, 2.45) is 0 Å². The van der Waals surface area contributed by atoms with Crippen molar-refractivity contribution in [3.8, 4) is 0 Å². The van der Waals surface area contributed by atoms with E-state index in [1.165, 1.54) is 16.8 Å². The number of carbonyl (C=O) groups excluding carboxylic acids is 1. The summed E-state index contributed by atoms with van der Waals surface area (Å²) in [5.74, 6) is -0.379. The van der Waals surface area contributed by atoms with E-state index >= 15 is 0 Å². The minimum absolute atomic E-state index is 0.0953. The number of benzene rings is 1. The van der Waals surface area contributed by atoms with Crippen molar-refractivity contribution in [1.29, 1.82) is 0 Å². The monoisotopic (exact) mass is 403 g/mol. The summed E-state index contributed by atoms with van der Waals surface area (Å²) < 4.78 is 21.7. The van der Waals surface area contributed by atoms with E-state index in [9.17, 15) is 14.0 Å². The molecule has 1 N–H and O–H groups in total. The van der Waals surface area contributed by atoms with Gasteiger partial charge in [-0.3, -0.25) is 14.3 Å². The molecule has 3 heterocycles. The van der Waals surface area contributed by atoms with Crippen molar-refractivity contribution in [1.82, 2.24) is 24.6 Å². The van der Waals surface area contributed by atoms with Gasteiger partial charge in [-0.05, 0) is 30.5 Å². The molecule has 2 aliphatic heterocycles. The van der Waals surface area contributed by atoms with Crippen molar-refractivity contribution < 1.29 is 13.9 Å². The first kappa shape index (κ1) is 19.8. The van der Waals surface area contributed by atoms with Gasteiger partial charge in [0.1, 0.15) is 11.6 Å². The van der Waals surface area contributed by atoms with Crippen LogP contribution in [-0.4, -0.2) is 64.5 Å². The summed E-state index contributed by atoms with van der Waals surface area (Å²) >= 11 is 0. The molecule has 1 unspecified atom stereocenters. The first-order valence-electron chi connectivity index (χ1n) is 10.1. The molecule has 8 nitrogen and oxygen atoms in total. The number of ether oxygens (including phenoxy) is 1. The smallest absolute Gasteiger partial charge is 0.346 e. The highest BCUT2D eigenvalue weighted by molar-refractivity contribution is 5.82. The third-order valence-corrected chi connectivity index (χ3v) is 5.51. The van der Waals surface area contributed by atoms with E-state index in [1.807, 2.05) is 0 Å². The molecule has 1 atom stereocenters. The van der Waals surface area contributed by atoms with Gasteiger partial charge in [-0.1, -0.05) is 12.1 Å². The lowest BCUT2D eigenvalue weighted by atomic mass is 9.98. The highest BCUT2D eigenvalue weighted by Crippen LogP contribution is 2.24. The summed E-state index contributed by atoms with van der Waals surface area (Å²) in [5.41, 5.74) is 0.407. The summed E-state index contributed by atoms with van der Waals surface area (Å²) in [5, 5.41) is 7.42. The zero-order valence-electron chi connectivity index (χ0n) is 16.3. The molecular weight excluding hydrogens is 377 g/mol. The number of morpholine rings is 1. The fourth-order valence-electron chi connectivity index (χ4n) is 3.95. The van der Waals surface area contributed by atoms with Crippen LogP contribution in [0.5, 0.6) is 0 Å². The number of rotatable bonds is 6. The zero-order valence-corrected chi connectivity index (χ0v) is 16.3. The number of hydrogen-bond donors (Lipinski definition) is 1. The van der Waals surface area contributed by atoms with Crippen LogP contribution in [0.15, 0.2) is 29.1 Å². The van der Waals surface area contributed by atoms with Gasteiger partial charge < -0.3 is 10.1 Å². The zero-order chi connectivity index (χ0) is 20.2. The number of nitrogens with zero attached hydrogens (tertiary/aromatic N) is 4. The number of hydrogen-bond acceptors (Lipinski definition) is 5. The molecule has 9 heteroatoms. The van der Waals surface area contributed by atoms with Crippen molar-refractivity contribution in [2.45, 2.75) is 31.8 Å². The highest BCUT2D eigenvalue weighted by Gasteiger charge is 2.31. The third kappa shape index (κ3) is 4.56. The van der Waals surface area contributed by atoms with Crippen LogP contribution < -0.4 is 11.0 Å². The number of aromatic nitrogens is 3. The maximum absolute atomic E-state index is 13.4. The lowest BCUT2D eigenvalue weighted by Gasteiger charge is -2.27. The molecule has 2 aromatic rings. The molecule has 0 spiro atoms. The lowest BCUT2D eigenvalue weighted by molar-refractivity contribution is -0.123. The molecule has 29 heavy (non-hydrogen) atoms. The summed E-state index contributed by atoms with van der Waals surface area (Å²) in [6, 6.07) is 6.11. The molecule has 2 aliphatic rings. The molecule has 1 fully saturated rings. The summed E-state index contributed by atoms with van der Waals surface area (Å²) in [6.07, 6.45) is 1.42. The predicted octanol–water partition coefficient (Wildman–Crippen LogP) is 0.558. The van der Waals surface area contributed by atoms with Gasteiger partial charge in [0.05, 0.1) is 25.7 Å². The Morgan fingerprint density at radius 3 is 2.90 bits per heavy atom. The van der Waals surface area contributed by atoms with E-state index in [4.69, 9.17) is 4.74 Å². The van der Waals surface area contributed by atoms with Crippen LogP contribution in [0.3, 0.4) is 0 Å². The normalized spacial score (nSPS) is 19.7. The fraction of sp³-hybridized carbons (Fsp3) is 0.550. The minimum Gasteiger partial charge on any atom is -0.379 e. The molecule has 0 saturated carbocycles. The van der Waals surface area contributed by atoms with Crippen LogP contribution in [-0.2, 0) is 22.6 Å². The molecule has 1 aromatic carbocycles. The van der Waals surface area contributed by atoms with Crippen molar-refractivity contribution >= 4 is 5.91 Å². The number of nitrogens with one attached hydrogen (secondary N) is 1. The summed E-state index contributed by atoms with van der Waals surface area (Å²) in [7, 11) is 0. The van der Waals surface area contributed by atoms with E-state index in [1.54, 1.807) is 16.7 Å². The van der Waals surface area contributed by atoms with Gasteiger partial charge in [-0.25, -0.2) is 13.9 Å². The average molecular weight is 403 g/mol. The van der Waals surface area contributed by atoms with Crippen LogP contribution in [0.1, 0.15) is 30.1 Å². The Morgan fingerprint density at radius 2 is 2.10 bits per heavy atom. The average Bonchev–Trinajstić information content (AvgIpc) is 3.04.